The van der Waals surface area contributed by atoms with Gasteiger partial charge in [0, 0.05) is 11.8 Å². The molecule has 2 rings (SSSR count). The van der Waals surface area contributed by atoms with Crippen LogP contribution in [0.5, 0.6) is 0 Å². The van der Waals surface area contributed by atoms with Crippen LogP contribution >= 0.6 is 0 Å². The zero-order valence-electron chi connectivity index (χ0n) is 11.1. The largest absolute Gasteiger partial charge is 0.507 e. The Morgan fingerprint density at radius 2 is 2.05 bits per heavy atom. The zero-order valence-corrected chi connectivity index (χ0v) is 11.1. The Labute approximate surface area is 115 Å². The van der Waals surface area contributed by atoms with Crippen molar-refractivity contribution < 1.29 is 19.0 Å². The summed E-state index contributed by atoms with van der Waals surface area (Å²) in [6.07, 6.45) is 1.15. The van der Waals surface area contributed by atoms with Crippen LogP contribution in [0.15, 0.2) is 52.4 Å². The van der Waals surface area contributed by atoms with Crippen LogP contribution in [0.1, 0.15) is 13.8 Å². The maximum Gasteiger partial charge on any atom is 0.183 e. The van der Waals surface area contributed by atoms with E-state index in [4.69, 9.17) is 4.74 Å². The molecular formula is C15H14FNO3. The summed E-state index contributed by atoms with van der Waals surface area (Å²) in [6.45, 7) is 3.30. The molecule has 0 saturated heterocycles. The Morgan fingerprint density at radius 3 is 2.65 bits per heavy atom. The summed E-state index contributed by atoms with van der Waals surface area (Å²) < 4.78 is 18.2. The van der Waals surface area contributed by atoms with E-state index in [-0.39, 0.29) is 11.6 Å². The molecule has 1 atom stereocenters. The SMILES string of the molecule is CC1=CC(O)=C(C(C)=Nc2ccc(F)cc2)C(C=O)O1. The number of allylic oxidation sites excluding steroid dienone is 2. The maximum absolute atomic E-state index is 12.8. The number of rotatable bonds is 3. The average molecular weight is 275 g/mol. The van der Waals surface area contributed by atoms with Gasteiger partial charge in [-0.1, -0.05) is 0 Å². The smallest absolute Gasteiger partial charge is 0.183 e. The Balaban J connectivity index is 2.39. The minimum atomic E-state index is -0.885. The molecule has 0 fully saturated rings. The highest BCUT2D eigenvalue weighted by Gasteiger charge is 2.25. The van der Waals surface area contributed by atoms with Gasteiger partial charge in [-0.25, -0.2) is 4.39 Å². The van der Waals surface area contributed by atoms with Crippen LogP contribution in [-0.4, -0.2) is 23.2 Å². The van der Waals surface area contributed by atoms with Gasteiger partial charge in [-0.3, -0.25) is 9.79 Å². The summed E-state index contributed by atoms with van der Waals surface area (Å²) in [5.41, 5.74) is 1.28. The summed E-state index contributed by atoms with van der Waals surface area (Å²) in [5, 5.41) is 9.96. The van der Waals surface area contributed by atoms with E-state index in [1.165, 1.54) is 30.3 Å². The van der Waals surface area contributed by atoms with Crippen LogP contribution in [0.4, 0.5) is 10.1 Å². The van der Waals surface area contributed by atoms with E-state index < -0.39 is 6.10 Å². The molecule has 1 aliphatic heterocycles. The summed E-state index contributed by atoms with van der Waals surface area (Å²) in [4.78, 5) is 15.3. The van der Waals surface area contributed by atoms with Gasteiger partial charge in [0.05, 0.1) is 17.0 Å². The molecule has 20 heavy (non-hydrogen) atoms. The van der Waals surface area contributed by atoms with Gasteiger partial charge in [0.2, 0.25) is 0 Å². The van der Waals surface area contributed by atoms with E-state index in [0.717, 1.165) is 0 Å². The molecule has 0 aliphatic carbocycles. The highest BCUT2D eigenvalue weighted by atomic mass is 19.1. The van der Waals surface area contributed by atoms with Crippen LogP contribution < -0.4 is 0 Å². The van der Waals surface area contributed by atoms with Crippen LogP contribution in [0, 0.1) is 5.82 Å². The molecule has 0 spiro atoms. The van der Waals surface area contributed by atoms with Crippen LogP contribution in [0.3, 0.4) is 0 Å². The number of halogens is 1. The first-order chi connectivity index (χ1) is 9.51. The summed E-state index contributed by atoms with van der Waals surface area (Å²) in [5.74, 6) is 0.0566. The summed E-state index contributed by atoms with van der Waals surface area (Å²) >= 11 is 0. The van der Waals surface area contributed by atoms with Gasteiger partial charge in [0.1, 0.15) is 11.6 Å². The van der Waals surface area contributed by atoms with Crippen molar-refractivity contribution >= 4 is 17.7 Å². The predicted molar refractivity (Wildman–Crippen MR) is 73.5 cm³/mol. The number of aldehydes is 1. The third kappa shape index (κ3) is 2.93. The number of benzene rings is 1. The van der Waals surface area contributed by atoms with E-state index in [0.29, 0.717) is 29.0 Å². The second-order valence-electron chi connectivity index (χ2n) is 4.40. The van der Waals surface area contributed by atoms with Crippen molar-refractivity contribution in [2.24, 2.45) is 4.99 Å². The lowest BCUT2D eigenvalue weighted by Gasteiger charge is -2.22. The van der Waals surface area contributed by atoms with Gasteiger partial charge < -0.3 is 9.84 Å². The molecule has 0 radical (unpaired) electrons. The molecule has 1 N–H and O–H groups in total. The Morgan fingerprint density at radius 1 is 1.40 bits per heavy atom. The lowest BCUT2D eigenvalue weighted by Crippen LogP contribution is -2.25. The molecular weight excluding hydrogens is 261 g/mol. The Bertz CT molecular complexity index is 615. The summed E-state index contributed by atoms with van der Waals surface area (Å²) in [7, 11) is 0. The molecule has 1 heterocycles. The van der Waals surface area contributed by atoms with Gasteiger partial charge in [-0.2, -0.15) is 0 Å². The maximum atomic E-state index is 12.8. The first-order valence-corrected chi connectivity index (χ1v) is 6.06. The van der Waals surface area contributed by atoms with E-state index >= 15 is 0 Å². The number of hydrogen-bond acceptors (Lipinski definition) is 4. The van der Waals surface area contributed by atoms with Crippen molar-refractivity contribution in [3.8, 4) is 0 Å². The number of carbonyl (C=O) groups excluding carboxylic acids is 1. The van der Waals surface area contributed by atoms with Crippen LogP contribution in [-0.2, 0) is 9.53 Å². The standard InChI is InChI=1S/C15H14FNO3/c1-9-7-13(19)15(14(8-18)20-9)10(2)17-12-5-3-11(16)4-6-12/h3-8,14,19H,1-2H3. The molecule has 0 saturated carbocycles. The van der Waals surface area contributed by atoms with Gasteiger partial charge >= 0.3 is 0 Å². The molecule has 0 amide bonds. The average Bonchev–Trinajstić information content (AvgIpc) is 2.40. The first kappa shape index (κ1) is 14.0. The first-order valence-electron chi connectivity index (χ1n) is 6.06. The zero-order chi connectivity index (χ0) is 14.7. The summed E-state index contributed by atoms with van der Waals surface area (Å²) in [6, 6.07) is 5.60. The van der Waals surface area contributed by atoms with Gasteiger partial charge in [-0.05, 0) is 38.1 Å². The van der Waals surface area contributed by atoms with E-state index in [9.17, 15) is 14.3 Å². The second-order valence-corrected chi connectivity index (χ2v) is 4.40. The van der Waals surface area contributed by atoms with Crippen molar-refractivity contribution in [3.05, 3.63) is 53.3 Å². The number of aliphatic hydroxyl groups excluding tert-OH is 1. The number of aliphatic imine (C=N–C) groups is 1. The Hall–Kier alpha value is -2.43. The predicted octanol–water partition coefficient (Wildman–Crippen LogP) is 3.23. The molecule has 104 valence electrons. The highest BCUT2D eigenvalue weighted by molar-refractivity contribution is 6.04. The molecule has 4 nitrogen and oxygen atoms in total. The van der Waals surface area contributed by atoms with Gasteiger partial charge in [0.25, 0.3) is 0 Å². The topological polar surface area (TPSA) is 58.9 Å². The molecule has 1 aromatic carbocycles. The van der Waals surface area contributed by atoms with E-state index in [2.05, 4.69) is 4.99 Å². The minimum absolute atomic E-state index is 0.0470. The minimum Gasteiger partial charge on any atom is -0.507 e. The van der Waals surface area contributed by atoms with Crippen molar-refractivity contribution in [1.29, 1.82) is 0 Å². The van der Waals surface area contributed by atoms with Crippen molar-refractivity contribution in [3.63, 3.8) is 0 Å². The number of aliphatic hydroxyl groups is 1. The van der Waals surface area contributed by atoms with Crippen molar-refractivity contribution in [1.82, 2.24) is 0 Å². The normalized spacial score (nSPS) is 19.4. The molecule has 0 bridgehead atoms. The van der Waals surface area contributed by atoms with E-state index in [1.807, 2.05) is 0 Å². The third-order valence-electron chi connectivity index (χ3n) is 2.85. The lowest BCUT2D eigenvalue weighted by molar-refractivity contribution is -0.114. The number of nitrogens with zero attached hydrogens (tertiary/aromatic N) is 1. The number of carbonyl (C=O) groups is 1. The van der Waals surface area contributed by atoms with Crippen LogP contribution in [0.25, 0.3) is 0 Å². The van der Waals surface area contributed by atoms with Crippen LogP contribution in [0.2, 0.25) is 0 Å². The fourth-order valence-electron chi connectivity index (χ4n) is 1.97. The Kier molecular flexibility index (Phi) is 3.98. The molecule has 1 aliphatic rings. The van der Waals surface area contributed by atoms with Crippen molar-refractivity contribution in [2.75, 3.05) is 0 Å². The fraction of sp³-hybridized carbons (Fsp3) is 0.200. The highest BCUT2D eigenvalue weighted by Crippen LogP contribution is 2.24. The second kappa shape index (κ2) is 5.69. The molecule has 0 aromatic heterocycles. The number of hydrogen-bond donors (Lipinski definition) is 1. The monoisotopic (exact) mass is 275 g/mol. The van der Waals surface area contributed by atoms with Gasteiger partial charge in [0.15, 0.2) is 12.4 Å². The fourth-order valence-corrected chi connectivity index (χ4v) is 1.97. The number of ether oxygens (including phenoxy) is 1. The molecule has 1 unspecified atom stereocenters. The molecule has 5 heteroatoms. The third-order valence-corrected chi connectivity index (χ3v) is 2.85. The van der Waals surface area contributed by atoms with E-state index in [1.54, 1.807) is 13.8 Å². The van der Waals surface area contributed by atoms with Crippen molar-refractivity contribution in [2.45, 2.75) is 20.0 Å². The molecule has 1 aromatic rings. The quantitative estimate of drug-likeness (QED) is 0.680. The lowest BCUT2D eigenvalue weighted by atomic mass is 10.0. The van der Waals surface area contributed by atoms with Gasteiger partial charge in [-0.15, -0.1) is 0 Å².